The zero-order valence-electron chi connectivity index (χ0n) is 11.1. The van der Waals surface area contributed by atoms with E-state index in [2.05, 4.69) is 15.1 Å². The van der Waals surface area contributed by atoms with Gasteiger partial charge in [0.25, 0.3) is 0 Å². The number of carbonyl (C=O) groups excluding carboxylic acids is 1. The summed E-state index contributed by atoms with van der Waals surface area (Å²) < 4.78 is 6.68. The first-order valence-corrected chi connectivity index (χ1v) is 6.98. The predicted molar refractivity (Wildman–Crippen MR) is 73.2 cm³/mol. The summed E-state index contributed by atoms with van der Waals surface area (Å²) >= 11 is 5.83. The van der Waals surface area contributed by atoms with Crippen LogP contribution in [0.25, 0.3) is 11.0 Å². The summed E-state index contributed by atoms with van der Waals surface area (Å²) in [5.41, 5.74) is 0.709. The van der Waals surface area contributed by atoms with Crippen LogP contribution in [0, 0.1) is 11.8 Å². The average molecular weight is 295 g/mol. The maximum absolute atomic E-state index is 11.8. The zero-order valence-corrected chi connectivity index (χ0v) is 11.9. The minimum Gasteiger partial charge on any atom is -0.469 e. The first-order valence-electron chi connectivity index (χ1n) is 6.61. The molecule has 0 spiro atoms. The van der Waals surface area contributed by atoms with Crippen molar-refractivity contribution in [2.45, 2.75) is 25.8 Å². The molecule has 0 saturated heterocycles. The lowest BCUT2D eigenvalue weighted by atomic mass is 9.96. The number of ether oxygens (including phenoxy) is 1. The summed E-state index contributed by atoms with van der Waals surface area (Å²) in [5, 5.41) is 5.38. The molecule has 2 aromatic heterocycles. The van der Waals surface area contributed by atoms with Crippen LogP contribution < -0.4 is 0 Å². The monoisotopic (exact) mass is 294 g/mol. The molecule has 0 N–H and O–H groups in total. The Bertz CT molecular complexity index is 642. The molecule has 1 aliphatic rings. The summed E-state index contributed by atoms with van der Waals surface area (Å²) in [7, 11) is 1.44. The van der Waals surface area contributed by atoms with Crippen LogP contribution in [-0.4, -0.2) is 32.8 Å². The minimum absolute atomic E-state index is 0.0449. The smallest absolute Gasteiger partial charge is 0.309 e. The standard InChI is InChI=1S/C13H15ClN4O2/c1-20-12(19)10-4-2-3-8(10)7-18-11-9(6-16-18)5-15-13(14)17-11/h5-6,8,10H,2-4,7H2,1H3/t8-,10+/m0/s1. The fourth-order valence-electron chi connectivity index (χ4n) is 2.92. The molecule has 0 amide bonds. The highest BCUT2D eigenvalue weighted by molar-refractivity contribution is 6.28. The van der Waals surface area contributed by atoms with Gasteiger partial charge in [-0.05, 0) is 30.4 Å². The molecule has 7 heteroatoms. The first kappa shape index (κ1) is 13.3. The van der Waals surface area contributed by atoms with Crippen molar-refractivity contribution in [3.8, 4) is 0 Å². The van der Waals surface area contributed by atoms with Crippen LogP contribution in [0.1, 0.15) is 19.3 Å². The van der Waals surface area contributed by atoms with E-state index in [1.165, 1.54) is 7.11 Å². The van der Waals surface area contributed by atoms with E-state index in [9.17, 15) is 4.79 Å². The van der Waals surface area contributed by atoms with Gasteiger partial charge in [-0.3, -0.25) is 4.79 Å². The van der Waals surface area contributed by atoms with E-state index in [-0.39, 0.29) is 23.1 Å². The molecule has 3 rings (SSSR count). The molecule has 2 atom stereocenters. The summed E-state index contributed by atoms with van der Waals surface area (Å²) in [6.45, 7) is 0.649. The Morgan fingerprint density at radius 2 is 2.35 bits per heavy atom. The quantitative estimate of drug-likeness (QED) is 0.640. The number of rotatable bonds is 3. The Kier molecular flexibility index (Phi) is 3.56. The lowest BCUT2D eigenvalue weighted by Gasteiger charge is -2.17. The number of methoxy groups -OCH3 is 1. The molecule has 0 unspecified atom stereocenters. The summed E-state index contributed by atoms with van der Waals surface area (Å²) in [5.74, 6) is 0.0625. The van der Waals surface area contributed by atoms with Gasteiger partial charge in [-0.1, -0.05) is 6.42 Å². The maximum atomic E-state index is 11.8. The Morgan fingerprint density at radius 3 is 3.15 bits per heavy atom. The summed E-state index contributed by atoms with van der Waals surface area (Å²) in [6.07, 6.45) is 6.29. The number of hydrogen-bond donors (Lipinski definition) is 0. The van der Waals surface area contributed by atoms with Gasteiger partial charge in [-0.25, -0.2) is 9.67 Å². The largest absolute Gasteiger partial charge is 0.469 e. The van der Waals surface area contributed by atoms with E-state index < -0.39 is 0 Å². The van der Waals surface area contributed by atoms with Gasteiger partial charge in [0.05, 0.1) is 24.6 Å². The highest BCUT2D eigenvalue weighted by atomic mass is 35.5. The van der Waals surface area contributed by atoms with Crippen LogP contribution in [0.4, 0.5) is 0 Å². The zero-order chi connectivity index (χ0) is 14.1. The van der Waals surface area contributed by atoms with Crippen molar-refractivity contribution in [3.63, 3.8) is 0 Å². The fourth-order valence-corrected chi connectivity index (χ4v) is 3.05. The SMILES string of the molecule is COC(=O)[C@@H]1CCC[C@H]1Cn1ncc2cnc(Cl)nc21. The topological polar surface area (TPSA) is 69.9 Å². The van der Waals surface area contributed by atoms with Crippen molar-refractivity contribution >= 4 is 28.6 Å². The van der Waals surface area contributed by atoms with E-state index in [0.29, 0.717) is 12.2 Å². The molecule has 0 aliphatic heterocycles. The van der Waals surface area contributed by atoms with Crippen molar-refractivity contribution in [2.24, 2.45) is 11.8 Å². The minimum atomic E-state index is -0.128. The second-order valence-corrected chi connectivity index (χ2v) is 5.40. The van der Waals surface area contributed by atoms with E-state index in [0.717, 1.165) is 24.6 Å². The molecule has 106 valence electrons. The van der Waals surface area contributed by atoms with Crippen LogP contribution in [0.3, 0.4) is 0 Å². The van der Waals surface area contributed by atoms with Crippen LogP contribution >= 0.6 is 11.6 Å². The normalized spacial score (nSPS) is 22.3. The Balaban J connectivity index is 1.85. The van der Waals surface area contributed by atoms with Crippen molar-refractivity contribution in [1.82, 2.24) is 19.7 Å². The first-order chi connectivity index (χ1) is 9.69. The number of esters is 1. The number of nitrogens with zero attached hydrogens (tertiary/aromatic N) is 4. The molecule has 0 aromatic carbocycles. The van der Waals surface area contributed by atoms with E-state index in [4.69, 9.17) is 16.3 Å². The number of hydrogen-bond acceptors (Lipinski definition) is 5. The number of aromatic nitrogens is 4. The van der Waals surface area contributed by atoms with Gasteiger partial charge in [-0.2, -0.15) is 10.1 Å². The van der Waals surface area contributed by atoms with Crippen molar-refractivity contribution in [1.29, 1.82) is 0 Å². The third-order valence-electron chi connectivity index (χ3n) is 3.92. The van der Waals surface area contributed by atoms with Crippen LogP contribution in [0.2, 0.25) is 5.28 Å². The summed E-state index contributed by atoms with van der Waals surface area (Å²) in [6, 6.07) is 0. The van der Waals surface area contributed by atoms with E-state index in [1.54, 1.807) is 17.1 Å². The molecular weight excluding hydrogens is 280 g/mol. The van der Waals surface area contributed by atoms with Gasteiger partial charge in [0.15, 0.2) is 5.65 Å². The molecule has 20 heavy (non-hydrogen) atoms. The van der Waals surface area contributed by atoms with Crippen LogP contribution in [0.5, 0.6) is 0 Å². The van der Waals surface area contributed by atoms with Gasteiger partial charge in [-0.15, -0.1) is 0 Å². The Morgan fingerprint density at radius 1 is 1.50 bits per heavy atom. The lowest BCUT2D eigenvalue weighted by molar-refractivity contribution is -0.146. The van der Waals surface area contributed by atoms with Gasteiger partial charge in [0, 0.05) is 12.7 Å². The maximum Gasteiger partial charge on any atom is 0.309 e. The van der Waals surface area contributed by atoms with Crippen LogP contribution in [-0.2, 0) is 16.1 Å². The van der Waals surface area contributed by atoms with Crippen molar-refractivity contribution in [3.05, 3.63) is 17.7 Å². The van der Waals surface area contributed by atoms with E-state index >= 15 is 0 Å². The second kappa shape index (κ2) is 5.36. The van der Waals surface area contributed by atoms with Crippen molar-refractivity contribution in [2.75, 3.05) is 7.11 Å². The third-order valence-corrected chi connectivity index (χ3v) is 4.10. The molecule has 0 radical (unpaired) electrons. The molecule has 6 nitrogen and oxygen atoms in total. The van der Waals surface area contributed by atoms with Gasteiger partial charge < -0.3 is 4.74 Å². The Hall–Kier alpha value is -1.69. The highest BCUT2D eigenvalue weighted by Gasteiger charge is 2.34. The fraction of sp³-hybridized carbons (Fsp3) is 0.538. The average Bonchev–Trinajstić information content (AvgIpc) is 3.06. The number of fused-ring (bicyclic) bond motifs is 1. The summed E-state index contributed by atoms with van der Waals surface area (Å²) in [4.78, 5) is 19.9. The Labute approximate surface area is 121 Å². The second-order valence-electron chi connectivity index (χ2n) is 5.07. The number of halogens is 1. The molecule has 1 fully saturated rings. The molecule has 2 heterocycles. The third kappa shape index (κ3) is 2.35. The van der Waals surface area contributed by atoms with Gasteiger partial charge in [0.2, 0.25) is 5.28 Å². The predicted octanol–water partition coefficient (Wildman–Crippen LogP) is 2.07. The number of carbonyl (C=O) groups is 1. The lowest BCUT2D eigenvalue weighted by Crippen LogP contribution is -2.24. The highest BCUT2D eigenvalue weighted by Crippen LogP contribution is 2.34. The molecular formula is C13H15ClN4O2. The molecule has 0 bridgehead atoms. The van der Waals surface area contributed by atoms with Crippen LogP contribution in [0.15, 0.2) is 12.4 Å². The van der Waals surface area contributed by atoms with E-state index in [1.807, 2.05) is 0 Å². The van der Waals surface area contributed by atoms with Crippen molar-refractivity contribution < 1.29 is 9.53 Å². The van der Waals surface area contributed by atoms with Gasteiger partial charge in [0.1, 0.15) is 0 Å². The van der Waals surface area contributed by atoms with Gasteiger partial charge >= 0.3 is 5.97 Å². The molecule has 2 aromatic rings. The molecule has 1 saturated carbocycles. The molecule has 1 aliphatic carbocycles.